The van der Waals surface area contributed by atoms with E-state index in [1.807, 2.05) is 37.3 Å². The minimum atomic E-state index is -1.45. The SMILES string of the molecule is CCC(C)C(NC(=O)C(N)Cc1ccccc1)C(=O)NC(CS)C(=O)NC(CCC(=O)O)C(=O)O. The number of nitrogens with one attached hydrogen (secondary N) is 3. The molecule has 0 aliphatic carbocycles. The summed E-state index contributed by atoms with van der Waals surface area (Å²) in [7, 11) is 0. The number of benzene rings is 1. The number of aliphatic carboxylic acids is 2. The van der Waals surface area contributed by atoms with Crippen LogP contribution in [0.25, 0.3) is 0 Å². The Morgan fingerprint density at radius 1 is 0.943 bits per heavy atom. The predicted octanol–water partition coefficient (Wildman–Crippen LogP) is -0.0639. The summed E-state index contributed by atoms with van der Waals surface area (Å²) in [6, 6.07) is 4.63. The summed E-state index contributed by atoms with van der Waals surface area (Å²) in [6.45, 7) is 3.60. The van der Waals surface area contributed by atoms with Crippen LogP contribution in [0.5, 0.6) is 0 Å². The number of amides is 3. The highest BCUT2D eigenvalue weighted by molar-refractivity contribution is 7.80. The van der Waals surface area contributed by atoms with Crippen molar-refractivity contribution >= 4 is 42.3 Å². The number of carbonyl (C=O) groups excluding carboxylic acids is 3. The van der Waals surface area contributed by atoms with Gasteiger partial charge in [-0.1, -0.05) is 50.6 Å². The summed E-state index contributed by atoms with van der Waals surface area (Å²) < 4.78 is 0. The Morgan fingerprint density at radius 3 is 2.06 bits per heavy atom. The highest BCUT2D eigenvalue weighted by Gasteiger charge is 2.32. The Morgan fingerprint density at radius 2 is 1.54 bits per heavy atom. The lowest BCUT2D eigenvalue weighted by Gasteiger charge is -2.27. The van der Waals surface area contributed by atoms with Crippen LogP contribution in [-0.2, 0) is 30.4 Å². The molecule has 7 N–H and O–H groups in total. The Bertz CT molecular complexity index is 884. The second-order valence-corrected chi connectivity index (χ2v) is 8.61. The second-order valence-electron chi connectivity index (χ2n) is 8.24. The maximum atomic E-state index is 13.0. The van der Waals surface area contributed by atoms with Gasteiger partial charge in [-0.3, -0.25) is 19.2 Å². The molecule has 1 aromatic carbocycles. The summed E-state index contributed by atoms with van der Waals surface area (Å²) in [4.78, 5) is 60.4. The van der Waals surface area contributed by atoms with Crippen molar-refractivity contribution in [1.29, 1.82) is 0 Å². The molecule has 0 aromatic heterocycles. The fraction of sp³-hybridized carbons (Fsp3) is 0.522. The van der Waals surface area contributed by atoms with Gasteiger partial charge < -0.3 is 31.9 Å². The topological polar surface area (TPSA) is 188 Å². The standard InChI is InChI=1S/C23H34N4O7S/c1-3-13(2)19(27-20(30)15(24)11-14-7-5-4-6-8-14)22(32)26-17(12-35)21(31)25-16(23(33)34)9-10-18(28)29/h4-8,13,15-17,19,35H,3,9-12,24H2,1-2H3,(H,25,31)(H,26,32)(H,27,30)(H,28,29)(H,33,34). The Labute approximate surface area is 209 Å². The molecule has 194 valence electrons. The number of nitrogens with two attached hydrogens (primary N) is 1. The minimum Gasteiger partial charge on any atom is -0.481 e. The Balaban J connectivity index is 2.85. The van der Waals surface area contributed by atoms with Gasteiger partial charge >= 0.3 is 11.9 Å². The van der Waals surface area contributed by atoms with Gasteiger partial charge in [0.25, 0.3) is 0 Å². The monoisotopic (exact) mass is 510 g/mol. The van der Waals surface area contributed by atoms with Gasteiger partial charge in [-0.2, -0.15) is 12.6 Å². The third-order valence-corrected chi connectivity index (χ3v) is 5.87. The van der Waals surface area contributed by atoms with Crippen LogP contribution < -0.4 is 21.7 Å². The van der Waals surface area contributed by atoms with E-state index in [0.717, 1.165) is 5.56 Å². The van der Waals surface area contributed by atoms with Crippen LogP contribution in [0.2, 0.25) is 0 Å². The molecule has 0 aliphatic rings. The first-order valence-corrected chi connectivity index (χ1v) is 11.9. The number of hydrogen-bond acceptors (Lipinski definition) is 7. The molecule has 0 saturated heterocycles. The van der Waals surface area contributed by atoms with Crippen molar-refractivity contribution in [3.8, 4) is 0 Å². The Kier molecular flexibility index (Phi) is 12.8. The van der Waals surface area contributed by atoms with Crippen LogP contribution in [0.15, 0.2) is 30.3 Å². The van der Waals surface area contributed by atoms with Crippen LogP contribution in [-0.4, -0.2) is 69.8 Å². The number of carboxylic acid groups (broad SMARTS) is 2. The molecule has 11 nitrogen and oxygen atoms in total. The van der Waals surface area contributed by atoms with Gasteiger partial charge in [0.2, 0.25) is 17.7 Å². The van der Waals surface area contributed by atoms with Crippen molar-refractivity contribution in [3.05, 3.63) is 35.9 Å². The zero-order valence-corrected chi connectivity index (χ0v) is 20.7. The molecule has 12 heteroatoms. The zero-order valence-electron chi connectivity index (χ0n) is 19.8. The summed E-state index contributed by atoms with van der Waals surface area (Å²) in [5, 5.41) is 25.4. The molecule has 1 rings (SSSR count). The molecule has 0 saturated carbocycles. The van der Waals surface area contributed by atoms with Crippen molar-refractivity contribution in [3.63, 3.8) is 0 Å². The van der Waals surface area contributed by atoms with Gasteiger partial charge in [0.15, 0.2) is 0 Å². The number of carbonyl (C=O) groups is 5. The molecule has 0 radical (unpaired) electrons. The largest absolute Gasteiger partial charge is 0.481 e. The van der Waals surface area contributed by atoms with E-state index in [-0.39, 0.29) is 24.5 Å². The van der Waals surface area contributed by atoms with Crippen molar-refractivity contribution in [1.82, 2.24) is 16.0 Å². The van der Waals surface area contributed by atoms with Gasteiger partial charge in [-0.25, -0.2) is 4.79 Å². The molecule has 0 spiro atoms. The molecule has 0 fully saturated rings. The number of thiol groups is 1. The van der Waals surface area contributed by atoms with E-state index in [9.17, 15) is 29.1 Å². The average molecular weight is 511 g/mol. The summed E-state index contributed by atoms with van der Waals surface area (Å²) in [5.41, 5.74) is 6.89. The first-order valence-electron chi connectivity index (χ1n) is 11.3. The van der Waals surface area contributed by atoms with E-state index in [2.05, 4.69) is 28.6 Å². The lowest BCUT2D eigenvalue weighted by Crippen LogP contribution is -2.59. The highest BCUT2D eigenvalue weighted by Crippen LogP contribution is 2.10. The smallest absolute Gasteiger partial charge is 0.326 e. The van der Waals surface area contributed by atoms with Gasteiger partial charge in [-0.15, -0.1) is 0 Å². The minimum absolute atomic E-state index is 0.155. The molecule has 35 heavy (non-hydrogen) atoms. The fourth-order valence-electron chi connectivity index (χ4n) is 3.18. The molecule has 0 heterocycles. The van der Waals surface area contributed by atoms with E-state index >= 15 is 0 Å². The molecule has 1 aromatic rings. The summed E-state index contributed by atoms with van der Waals surface area (Å²) in [5.74, 6) is -5.07. The first kappa shape index (κ1) is 29.9. The van der Waals surface area contributed by atoms with Crippen molar-refractivity contribution in [2.45, 2.75) is 63.7 Å². The second kappa shape index (κ2) is 15.0. The number of hydrogen-bond donors (Lipinski definition) is 7. The van der Waals surface area contributed by atoms with Gasteiger partial charge in [-0.05, 0) is 24.3 Å². The molecular weight excluding hydrogens is 476 g/mol. The normalized spacial score (nSPS) is 15.1. The van der Waals surface area contributed by atoms with Crippen molar-refractivity contribution in [2.75, 3.05) is 5.75 Å². The first-order chi connectivity index (χ1) is 16.5. The predicted molar refractivity (Wildman–Crippen MR) is 132 cm³/mol. The quantitative estimate of drug-likeness (QED) is 0.160. The van der Waals surface area contributed by atoms with E-state index in [1.165, 1.54) is 0 Å². The van der Waals surface area contributed by atoms with Crippen LogP contribution in [0.1, 0.15) is 38.7 Å². The van der Waals surface area contributed by atoms with E-state index in [1.54, 1.807) is 6.92 Å². The van der Waals surface area contributed by atoms with Gasteiger partial charge in [0, 0.05) is 12.2 Å². The lowest BCUT2D eigenvalue weighted by atomic mass is 9.97. The highest BCUT2D eigenvalue weighted by atomic mass is 32.1. The number of carboxylic acids is 2. The van der Waals surface area contributed by atoms with Crippen LogP contribution in [0, 0.1) is 5.92 Å². The summed E-state index contributed by atoms with van der Waals surface area (Å²) in [6.07, 6.45) is 0.0332. The van der Waals surface area contributed by atoms with Gasteiger partial charge in [0.05, 0.1) is 6.04 Å². The third-order valence-electron chi connectivity index (χ3n) is 5.51. The fourth-order valence-corrected chi connectivity index (χ4v) is 3.43. The summed E-state index contributed by atoms with van der Waals surface area (Å²) >= 11 is 4.07. The number of rotatable bonds is 15. The van der Waals surface area contributed by atoms with Crippen LogP contribution >= 0.6 is 12.6 Å². The van der Waals surface area contributed by atoms with E-state index < -0.39 is 60.2 Å². The maximum Gasteiger partial charge on any atom is 0.326 e. The van der Waals surface area contributed by atoms with E-state index in [0.29, 0.717) is 6.42 Å². The maximum absolute atomic E-state index is 13.0. The van der Waals surface area contributed by atoms with Crippen molar-refractivity contribution < 1.29 is 34.2 Å². The molecule has 3 amide bonds. The third kappa shape index (κ3) is 10.4. The molecule has 5 atom stereocenters. The lowest BCUT2D eigenvalue weighted by molar-refractivity contribution is -0.143. The molecular formula is C23H34N4O7S. The molecule has 5 unspecified atom stereocenters. The van der Waals surface area contributed by atoms with Crippen LogP contribution in [0.4, 0.5) is 0 Å². The van der Waals surface area contributed by atoms with E-state index in [4.69, 9.17) is 10.8 Å². The molecule has 0 aliphatic heterocycles. The average Bonchev–Trinajstić information content (AvgIpc) is 2.82. The zero-order chi connectivity index (χ0) is 26.5. The van der Waals surface area contributed by atoms with Crippen molar-refractivity contribution in [2.24, 2.45) is 11.7 Å². The van der Waals surface area contributed by atoms with Crippen LogP contribution in [0.3, 0.4) is 0 Å². The molecule has 0 bridgehead atoms. The Hall–Kier alpha value is -3.12. The van der Waals surface area contributed by atoms with Gasteiger partial charge in [0.1, 0.15) is 18.1 Å².